The Balaban J connectivity index is 2.16. The van der Waals surface area contributed by atoms with E-state index in [2.05, 4.69) is 0 Å². The summed E-state index contributed by atoms with van der Waals surface area (Å²) in [6, 6.07) is 0.125. The number of amides is 1. The van der Waals surface area contributed by atoms with Crippen molar-refractivity contribution >= 4 is 5.91 Å². The van der Waals surface area contributed by atoms with Crippen LogP contribution >= 0.6 is 0 Å². The van der Waals surface area contributed by atoms with E-state index in [1.165, 1.54) is 0 Å². The van der Waals surface area contributed by atoms with E-state index in [0.717, 1.165) is 6.42 Å². The van der Waals surface area contributed by atoms with Crippen LogP contribution in [0.5, 0.6) is 0 Å². The predicted octanol–water partition coefficient (Wildman–Crippen LogP) is -0.258. The zero-order valence-corrected chi connectivity index (χ0v) is 6.00. The second-order valence-electron chi connectivity index (χ2n) is 3.43. The Hall–Kier alpha value is -0.570. The number of nitrogens with zero attached hydrogens (tertiary/aromatic N) is 1. The van der Waals surface area contributed by atoms with Crippen LogP contribution in [0.2, 0.25) is 0 Å². The Morgan fingerprint density at radius 1 is 1.80 bits per heavy atom. The highest BCUT2D eigenvalue weighted by Gasteiger charge is 2.53. The minimum absolute atomic E-state index is 0.125. The highest BCUT2D eigenvalue weighted by molar-refractivity contribution is 5.80. The Kier molecular flexibility index (Phi) is 0.944. The Morgan fingerprint density at radius 3 is 2.90 bits per heavy atom. The lowest BCUT2D eigenvalue weighted by atomic mass is 9.86. The van der Waals surface area contributed by atoms with E-state index in [9.17, 15) is 9.90 Å². The predicted molar refractivity (Wildman–Crippen MR) is 35.4 cm³/mol. The molecular weight excluding hydrogens is 130 g/mol. The molecule has 1 N–H and O–H groups in total. The lowest BCUT2D eigenvalue weighted by Gasteiger charge is -2.48. The second kappa shape index (κ2) is 1.53. The van der Waals surface area contributed by atoms with Gasteiger partial charge in [0.05, 0.1) is 18.2 Å². The first-order valence-electron chi connectivity index (χ1n) is 3.63. The SMILES string of the molecule is C[C@@]1(O)CN2C(=O)CC[C@H]21. The number of fused-ring (bicyclic) bond motifs is 1. The van der Waals surface area contributed by atoms with E-state index >= 15 is 0 Å². The van der Waals surface area contributed by atoms with Gasteiger partial charge in [-0.25, -0.2) is 0 Å². The molecular formula is C7H11NO2. The van der Waals surface area contributed by atoms with Crippen LogP contribution in [0, 0.1) is 0 Å². The number of carbonyl (C=O) groups is 1. The van der Waals surface area contributed by atoms with Gasteiger partial charge >= 0.3 is 0 Å². The largest absolute Gasteiger partial charge is 0.386 e. The number of rotatable bonds is 0. The maximum atomic E-state index is 10.9. The van der Waals surface area contributed by atoms with Gasteiger partial charge in [-0.15, -0.1) is 0 Å². The Labute approximate surface area is 59.6 Å². The maximum Gasteiger partial charge on any atom is 0.223 e. The van der Waals surface area contributed by atoms with Crippen molar-refractivity contribution in [3.05, 3.63) is 0 Å². The van der Waals surface area contributed by atoms with Crippen molar-refractivity contribution in [2.45, 2.75) is 31.4 Å². The third-order valence-electron chi connectivity index (χ3n) is 2.54. The quantitative estimate of drug-likeness (QED) is 0.505. The second-order valence-corrected chi connectivity index (χ2v) is 3.43. The zero-order valence-electron chi connectivity index (χ0n) is 6.00. The molecule has 3 nitrogen and oxygen atoms in total. The van der Waals surface area contributed by atoms with Crippen LogP contribution in [0.4, 0.5) is 0 Å². The minimum Gasteiger partial charge on any atom is -0.386 e. The van der Waals surface area contributed by atoms with E-state index in [1.807, 2.05) is 0 Å². The molecule has 0 aromatic carbocycles. The first-order valence-corrected chi connectivity index (χ1v) is 3.63. The minimum atomic E-state index is -0.591. The van der Waals surface area contributed by atoms with Crippen LogP contribution in [-0.2, 0) is 4.79 Å². The van der Waals surface area contributed by atoms with Crippen molar-refractivity contribution in [3.63, 3.8) is 0 Å². The standard InChI is InChI=1S/C7H11NO2/c1-7(10)4-8-5(7)2-3-6(8)9/h5,10H,2-4H2,1H3/t5-,7+/m0/s1. The van der Waals surface area contributed by atoms with Gasteiger partial charge in [0.15, 0.2) is 0 Å². The summed E-state index contributed by atoms with van der Waals surface area (Å²) in [6.45, 7) is 2.34. The third kappa shape index (κ3) is 0.560. The average molecular weight is 141 g/mol. The highest BCUT2D eigenvalue weighted by Crippen LogP contribution is 2.37. The summed E-state index contributed by atoms with van der Waals surface area (Å²) in [5.74, 6) is 0.205. The highest BCUT2D eigenvalue weighted by atomic mass is 16.3. The van der Waals surface area contributed by atoms with Crippen LogP contribution in [0.25, 0.3) is 0 Å². The fourth-order valence-electron chi connectivity index (χ4n) is 1.92. The topological polar surface area (TPSA) is 40.5 Å². The lowest BCUT2D eigenvalue weighted by molar-refractivity contribution is -0.157. The van der Waals surface area contributed by atoms with Gasteiger partial charge in [0.1, 0.15) is 0 Å². The smallest absolute Gasteiger partial charge is 0.223 e. The van der Waals surface area contributed by atoms with Crippen molar-refractivity contribution in [1.29, 1.82) is 0 Å². The van der Waals surface area contributed by atoms with Gasteiger partial charge in [-0.3, -0.25) is 4.79 Å². The molecule has 0 unspecified atom stereocenters. The maximum absolute atomic E-state index is 10.9. The molecule has 0 saturated carbocycles. The molecule has 2 fully saturated rings. The van der Waals surface area contributed by atoms with E-state index < -0.39 is 5.60 Å². The summed E-state index contributed by atoms with van der Waals surface area (Å²) >= 11 is 0. The first-order chi connectivity index (χ1) is 4.61. The zero-order chi connectivity index (χ0) is 7.35. The van der Waals surface area contributed by atoms with E-state index in [4.69, 9.17) is 0 Å². The molecule has 3 heteroatoms. The molecule has 2 aliphatic heterocycles. The third-order valence-corrected chi connectivity index (χ3v) is 2.54. The molecule has 0 aromatic rings. The molecule has 0 aromatic heterocycles. The van der Waals surface area contributed by atoms with Crippen molar-refractivity contribution in [3.8, 4) is 0 Å². The molecule has 1 amide bonds. The van der Waals surface area contributed by atoms with Gasteiger partial charge < -0.3 is 10.0 Å². The molecule has 0 spiro atoms. The Bertz CT molecular complexity index is 188. The van der Waals surface area contributed by atoms with Gasteiger partial charge in [-0.2, -0.15) is 0 Å². The summed E-state index contributed by atoms with van der Waals surface area (Å²) < 4.78 is 0. The molecule has 56 valence electrons. The number of carbonyl (C=O) groups excluding carboxylic acids is 1. The van der Waals surface area contributed by atoms with Crippen molar-refractivity contribution in [2.75, 3.05) is 6.54 Å². The molecule has 2 aliphatic rings. The molecule has 2 rings (SSSR count). The number of hydrogen-bond acceptors (Lipinski definition) is 2. The van der Waals surface area contributed by atoms with Crippen molar-refractivity contribution in [1.82, 2.24) is 4.90 Å². The van der Waals surface area contributed by atoms with Crippen LogP contribution in [0.1, 0.15) is 19.8 Å². The molecule has 2 atom stereocenters. The van der Waals surface area contributed by atoms with Gasteiger partial charge in [0.25, 0.3) is 0 Å². The Morgan fingerprint density at radius 2 is 2.50 bits per heavy atom. The fourth-order valence-corrected chi connectivity index (χ4v) is 1.92. The summed E-state index contributed by atoms with van der Waals surface area (Å²) in [5, 5.41) is 9.51. The van der Waals surface area contributed by atoms with Gasteiger partial charge in [-0.1, -0.05) is 0 Å². The summed E-state index contributed by atoms with van der Waals surface area (Å²) in [7, 11) is 0. The molecule has 0 bridgehead atoms. The number of hydrogen-bond donors (Lipinski definition) is 1. The summed E-state index contributed by atoms with van der Waals surface area (Å²) in [6.07, 6.45) is 1.46. The van der Waals surface area contributed by atoms with Crippen molar-refractivity contribution in [2.24, 2.45) is 0 Å². The molecule has 2 saturated heterocycles. The summed E-state index contributed by atoms with van der Waals surface area (Å²) in [5.41, 5.74) is -0.591. The van der Waals surface area contributed by atoms with Crippen LogP contribution < -0.4 is 0 Å². The van der Waals surface area contributed by atoms with E-state index in [-0.39, 0.29) is 11.9 Å². The molecule has 2 heterocycles. The van der Waals surface area contributed by atoms with Gasteiger partial charge in [-0.05, 0) is 13.3 Å². The van der Waals surface area contributed by atoms with E-state index in [1.54, 1.807) is 11.8 Å². The van der Waals surface area contributed by atoms with E-state index in [0.29, 0.717) is 13.0 Å². The summed E-state index contributed by atoms with van der Waals surface area (Å²) in [4.78, 5) is 12.7. The fraction of sp³-hybridized carbons (Fsp3) is 0.857. The van der Waals surface area contributed by atoms with Crippen LogP contribution in [0.3, 0.4) is 0 Å². The first kappa shape index (κ1) is 6.16. The number of aliphatic hydroxyl groups is 1. The average Bonchev–Trinajstić information content (AvgIpc) is 2.09. The van der Waals surface area contributed by atoms with Crippen molar-refractivity contribution < 1.29 is 9.90 Å². The van der Waals surface area contributed by atoms with Gasteiger partial charge in [0.2, 0.25) is 5.91 Å². The van der Waals surface area contributed by atoms with Crippen LogP contribution in [-0.4, -0.2) is 34.1 Å². The van der Waals surface area contributed by atoms with Gasteiger partial charge in [0, 0.05) is 6.42 Å². The monoisotopic (exact) mass is 141 g/mol. The normalized spacial score (nSPS) is 45.2. The molecule has 10 heavy (non-hydrogen) atoms. The van der Waals surface area contributed by atoms with Crippen LogP contribution in [0.15, 0.2) is 0 Å². The molecule has 0 radical (unpaired) electrons. The lowest BCUT2D eigenvalue weighted by Crippen LogP contribution is -2.66. The molecule has 0 aliphatic carbocycles.